The van der Waals surface area contributed by atoms with Gasteiger partial charge in [0.05, 0.1) is 12.2 Å². The summed E-state index contributed by atoms with van der Waals surface area (Å²) in [6, 6.07) is 19.4. The summed E-state index contributed by atoms with van der Waals surface area (Å²) in [6.07, 6.45) is 2.60. The molecule has 2 rings (SSSR count). The van der Waals surface area contributed by atoms with Crippen LogP contribution >= 0.6 is 9.24 Å². The minimum atomic E-state index is -0.289. The molecule has 0 radical (unpaired) electrons. The van der Waals surface area contributed by atoms with E-state index < -0.39 is 0 Å². The van der Waals surface area contributed by atoms with Gasteiger partial charge < -0.3 is 4.74 Å². The summed E-state index contributed by atoms with van der Waals surface area (Å²) in [7, 11) is 2.55. The molecule has 0 spiro atoms. The van der Waals surface area contributed by atoms with Crippen molar-refractivity contribution in [3.8, 4) is 0 Å². The Labute approximate surface area is 121 Å². The van der Waals surface area contributed by atoms with E-state index in [9.17, 15) is 4.79 Å². The Morgan fingerprint density at radius 3 is 2.20 bits per heavy atom. The van der Waals surface area contributed by atoms with Gasteiger partial charge in [0, 0.05) is 0 Å². The molecule has 2 aromatic rings. The molecule has 0 fully saturated rings. The van der Waals surface area contributed by atoms with Crippen molar-refractivity contribution in [2.24, 2.45) is 0 Å². The Kier molecular flexibility index (Phi) is 5.52. The molecule has 0 aliphatic carbocycles. The fourth-order valence-corrected chi connectivity index (χ4v) is 1.94. The normalized spacial score (nSPS) is 11.2. The maximum atomic E-state index is 12.2. The van der Waals surface area contributed by atoms with Gasteiger partial charge in [0.25, 0.3) is 0 Å². The zero-order chi connectivity index (χ0) is 14.2. The van der Waals surface area contributed by atoms with Gasteiger partial charge in [-0.05, 0) is 23.4 Å². The monoisotopic (exact) mass is 284 g/mol. The number of esters is 1. The number of hydrogen-bond acceptors (Lipinski definition) is 2. The molecule has 2 aromatic carbocycles. The van der Waals surface area contributed by atoms with Gasteiger partial charge in [0.15, 0.2) is 0 Å². The lowest BCUT2D eigenvalue weighted by Gasteiger charge is -2.08. The average molecular weight is 284 g/mol. The molecular formula is C17H17O2P. The van der Waals surface area contributed by atoms with Crippen LogP contribution in [0.25, 0.3) is 11.6 Å². The van der Waals surface area contributed by atoms with Crippen LogP contribution in [0.3, 0.4) is 0 Å². The lowest BCUT2D eigenvalue weighted by molar-refractivity contribution is -0.135. The SMILES string of the molecule is O=C(OCCP)C(=Cc1ccccc1)c1ccccc1. The number of ether oxygens (including phenoxy) is 1. The molecule has 0 amide bonds. The highest BCUT2D eigenvalue weighted by Gasteiger charge is 2.13. The summed E-state index contributed by atoms with van der Waals surface area (Å²) in [5, 5.41) is 0. The molecule has 1 atom stereocenters. The summed E-state index contributed by atoms with van der Waals surface area (Å²) < 4.78 is 5.25. The van der Waals surface area contributed by atoms with Crippen molar-refractivity contribution in [2.45, 2.75) is 0 Å². The van der Waals surface area contributed by atoms with E-state index in [2.05, 4.69) is 9.24 Å². The highest BCUT2D eigenvalue weighted by atomic mass is 31.0. The van der Waals surface area contributed by atoms with E-state index in [1.165, 1.54) is 0 Å². The van der Waals surface area contributed by atoms with Crippen LogP contribution < -0.4 is 0 Å². The van der Waals surface area contributed by atoms with E-state index in [1.54, 1.807) is 0 Å². The summed E-state index contributed by atoms with van der Waals surface area (Å²) in [6.45, 7) is 0.405. The summed E-state index contributed by atoms with van der Waals surface area (Å²) in [5.74, 6) is -0.289. The first-order valence-electron chi connectivity index (χ1n) is 6.50. The molecule has 0 saturated heterocycles. The van der Waals surface area contributed by atoms with Crippen molar-refractivity contribution in [1.82, 2.24) is 0 Å². The first kappa shape index (κ1) is 14.5. The number of benzene rings is 2. The Bertz CT molecular complexity index is 576. The molecule has 0 heterocycles. The highest BCUT2D eigenvalue weighted by Crippen LogP contribution is 2.19. The summed E-state index contributed by atoms with van der Waals surface area (Å²) in [5.41, 5.74) is 2.43. The van der Waals surface area contributed by atoms with Gasteiger partial charge in [-0.15, -0.1) is 9.24 Å². The number of carbonyl (C=O) groups is 1. The Hall–Kier alpha value is -1.92. The molecular weight excluding hydrogens is 267 g/mol. The number of rotatable bonds is 5. The second-order valence-corrected chi connectivity index (χ2v) is 4.84. The van der Waals surface area contributed by atoms with Crippen molar-refractivity contribution in [2.75, 3.05) is 12.8 Å². The van der Waals surface area contributed by atoms with E-state index >= 15 is 0 Å². The lowest BCUT2D eigenvalue weighted by atomic mass is 10.0. The summed E-state index contributed by atoms with van der Waals surface area (Å²) in [4.78, 5) is 12.2. The van der Waals surface area contributed by atoms with Crippen LogP contribution in [0.2, 0.25) is 0 Å². The number of carbonyl (C=O) groups excluding carboxylic acids is 1. The third kappa shape index (κ3) is 4.04. The maximum Gasteiger partial charge on any atom is 0.338 e. The van der Waals surface area contributed by atoms with Crippen molar-refractivity contribution < 1.29 is 9.53 Å². The molecule has 0 saturated carbocycles. The predicted molar refractivity (Wildman–Crippen MR) is 86.3 cm³/mol. The van der Waals surface area contributed by atoms with E-state index in [-0.39, 0.29) is 5.97 Å². The molecule has 0 N–H and O–H groups in total. The largest absolute Gasteiger partial charge is 0.462 e. The van der Waals surface area contributed by atoms with Crippen LogP contribution in [0.1, 0.15) is 11.1 Å². The van der Waals surface area contributed by atoms with Crippen molar-refractivity contribution in [3.05, 3.63) is 71.8 Å². The maximum absolute atomic E-state index is 12.2. The minimum absolute atomic E-state index is 0.289. The van der Waals surface area contributed by atoms with Gasteiger partial charge >= 0.3 is 5.97 Å². The standard InChI is InChI=1S/C17H17O2P/c18-17(19-11-12-20)16(15-9-5-2-6-10-15)13-14-7-3-1-4-8-14/h1-10,13H,11-12,20H2. The van der Waals surface area contributed by atoms with Gasteiger partial charge in [-0.25, -0.2) is 4.79 Å². The van der Waals surface area contributed by atoms with Gasteiger partial charge in [-0.1, -0.05) is 60.7 Å². The fraction of sp³-hybridized carbons (Fsp3) is 0.118. The molecule has 0 aliphatic rings. The zero-order valence-corrected chi connectivity index (χ0v) is 12.3. The van der Waals surface area contributed by atoms with Crippen LogP contribution in [0.5, 0.6) is 0 Å². The smallest absolute Gasteiger partial charge is 0.338 e. The second-order valence-electron chi connectivity index (χ2n) is 4.26. The summed E-state index contributed by atoms with van der Waals surface area (Å²) >= 11 is 0. The Balaban J connectivity index is 2.34. The first-order chi connectivity index (χ1) is 9.81. The van der Waals surface area contributed by atoms with E-state index in [0.29, 0.717) is 12.2 Å². The van der Waals surface area contributed by atoms with Crippen LogP contribution in [0.4, 0.5) is 0 Å². The molecule has 2 nitrogen and oxygen atoms in total. The van der Waals surface area contributed by atoms with Crippen LogP contribution in [0, 0.1) is 0 Å². The van der Waals surface area contributed by atoms with Crippen LogP contribution in [-0.2, 0) is 9.53 Å². The van der Waals surface area contributed by atoms with E-state index in [4.69, 9.17) is 4.74 Å². The fourth-order valence-electron chi connectivity index (χ4n) is 1.82. The molecule has 0 aromatic heterocycles. The van der Waals surface area contributed by atoms with Gasteiger partial charge in [-0.3, -0.25) is 0 Å². The van der Waals surface area contributed by atoms with Crippen molar-refractivity contribution in [3.63, 3.8) is 0 Å². The van der Waals surface area contributed by atoms with Crippen LogP contribution in [0.15, 0.2) is 60.7 Å². The predicted octanol–water partition coefficient (Wildman–Crippen LogP) is 3.65. The van der Waals surface area contributed by atoms with Crippen molar-refractivity contribution >= 4 is 26.9 Å². The molecule has 0 aliphatic heterocycles. The number of hydrogen-bond donors (Lipinski definition) is 0. The third-order valence-electron chi connectivity index (χ3n) is 2.77. The third-order valence-corrected chi connectivity index (χ3v) is 3.00. The van der Waals surface area contributed by atoms with E-state index in [1.807, 2.05) is 66.7 Å². The lowest BCUT2D eigenvalue weighted by Crippen LogP contribution is -2.09. The van der Waals surface area contributed by atoms with Crippen LogP contribution in [-0.4, -0.2) is 18.7 Å². The molecule has 3 heteroatoms. The zero-order valence-electron chi connectivity index (χ0n) is 11.2. The van der Waals surface area contributed by atoms with E-state index in [0.717, 1.165) is 17.3 Å². The molecule has 102 valence electrons. The van der Waals surface area contributed by atoms with Gasteiger partial charge in [0.2, 0.25) is 0 Å². The average Bonchev–Trinajstić information content (AvgIpc) is 2.52. The minimum Gasteiger partial charge on any atom is -0.462 e. The second kappa shape index (κ2) is 7.62. The molecule has 20 heavy (non-hydrogen) atoms. The first-order valence-corrected chi connectivity index (χ1v) is 7.32. The highest BCUT2D eigenvalue weighted by molar-refractivity contribution is 7.16. The topological polar surface area (TPSA) is 26.3 Å². The molecule has 0 bridgehead atoms. The van der Waals surface area contributed by atoms with Crippen molar-refractivity contribution in [1.29, 1.82) is 0 Å². The van der Waals surface area contributed by atoms with Gasteiger partial charge in [-0.2, -0.15) is 0 Å². The Morgan fingerprint density at radius 2 is 1.60 bits per heavy atom. The van der Waals surface area contributed by atoms with Gasteiger partial charge in [0.1, 0.15) is 0 Å². The quantitative estimate of drug-likeness (QED) is 0.362. The Morgan fingerprint density at radius 1 is 1.00 bits per heavy atom. The molecule has 1 unspecified atom stereocenters.